The van der Waals surface area contributed by atoms with Crippen LogP contribution in [-0.2, 0) is 6.61 Å². The molecule has 0 saturated heterocycles. The SMILES string of the molecule is O=C1C(=Cc2cc(I)c(OCc3ccccc3)c(I)c2)Sc2ccccc21. The van der Waals surface area contributed by atoms with E-state index in [0.717, 1.165) is 39.4 Å². The Morgan fingerprint density at radius 2 is 1.59 bits per heavy atom. The number of hydrogen-bond donors (Lipinski definition) is 0. The summed E-state index contributed by atoms with van der Waals surface area (Å²) in [6, 6.07) is 22.0. The Hall–Kier alpha value is -1.32. The van der Waals surface area contributed by atoms with Crippen molar-refractivity contribution in [3.8, 4) is 5.75 Å². The van der Waals surface area contributed by atoms with Gasteiger partial charge in [-0.3, -0.25) is 4.79 Å². The van der Waals surface area contributed by atoms with Crippen LogP contribution in [-0.4, -0.2) is 5.78 Å². The van der Waals surface area contributed by atoms with Gasteiger partial charge in [0.1, 0.15) is 12.4 Å². The number of carbonyl (C=O) groups is 1. The van der Waals surface area contributed by atoms with Gasteiger partial charge in [0.05, 0.1) is 12.0 Å². The fraction of sp³-hybridized carbons (Fsp3) is 0.0455. The Balaban J connectivity index is 1.56. The van der Waals surface area contributed by atoms with E-state index in [1.165, 1.54) is 11.8 Å². The maximum atomic E-state index is 12.6. The Morgan fingerprint density at radius 1 is 0.926 bits per heavy atom. The zero-order chi connectivity index (χ0) is 18.8. The lowest BCUT2D eigenvalue weighted by Gasteiger charge is -2.12. The van der Waals surface area contributed by atoms with Gasteiger partial charge in [-0.2, -0.15) is 0 Å². The van der Waals surface area contributed by atoms with Gasteiger partial charge in [-0.1, -0.05) is 54.2 Å². The molecule has 27 heavy (non-hydrogen) atoms. The molecule has 1 aliphatic heterocycles. The van der Waals surface area contributed by atoms with Crippen LogP contribution in [0.25, 0.3) is 6.08 Å². The molecular formula is C22H14I2O2S. The van der Waals surface area contributed by atoms with Crippen LogP contribution in [0.15, 0.2) is 76.5 Å². The minimum atomic E-state index is 0.102. The van der Waals surface area contributed by atoms with Crippen LogP contribution < -0.4 is 4.74 Å². The maximum absolute atomic E-state index is 12.6. The number of halogens is 2. The molecule has 0 spiro atoms. The van der Waals surface area contributed by atoms with E-state index in [0.29, 0.717) is 6.61 Å². The van der Waals surface area contributed by atoms with E-state index >= 15 is 0 Å². The molecule has 0 amide bonds. The van der Waals surface area contributed by atoms with E-state index in [-0.39, 0.29) is 5.78 Å². The monoisotopic (exact) mass is 596 g/mol. The number of hydrogen-bond acceptors (Lipinski definition) is 3. The quantitative estimate of drug-likeness (QED) is 0.245. The number of benzene rings is 3. The summed E-state index contributed by atoms with van der Waals surface area (Å²) in [6.07, 6.45) is 1.97. The number of allylic oxidation sites excluding steroid dienone is 1. The molecule has 3 aromatic carbocycles. The highest BCUT2D eigenvalue weighted by Gasteiger charge is 2.25. The molecule has 1 heterocycles. The number of thioether (sulfide) groups is 1. The van der Waals surface area contributed by atoms with E-state index in [9.17, 15) is 4.79 Å². The first-order chi connectivity index (χ1) is 13.1. The predicted octanol–water partition coefficient (Wildman–Crippen LogP) is 6.80. The van der Waals surface area contributed by atoms with Crippen LogP contribution in [0.5, 0.6) is 5.75 Å². The second kappa shape index (κ2) is 8.36. The van der Waals surface area contributed by atoms with E-state index in [4.69, 9.17) is 4.74 Å². The molecule has 0 fully saturated rings. The van der Waals surface area contributed by atoms with E-state index < -0.39 is 0 Å². The summed E-state index contributed by atoms with van der Waals surface area (Å²) in [7, 11) is 0. The minimum absolute atomic E-state index is 0.102. The van der Waals surface area contributed by atoms with E-state index in [1.807, 2.05) is 48.5 Å². The molecule has 2 nitrogen and oxygen atoms in total. The van der Waals surface area contributed by atoms with Crippen molar-refractivity contribution in [1.82, 2.24) is 0 Å². The predicted molar refractivity (Wildman–Crippen MR) is 127 cm³/mol. The van der Waals surface area contributed by atoms with Gasteiger partial charge >= 0.3 is 0 Å². The summed E-state index contributed by atoms with van der Waals surface area (Å²) in [4.78, 5) is 14.4. The summed E-state index contributed by atoms with van der Waals surface area (Å²) in [6.45, 7) is 0.539. The molecular weight excluding hydrogens is 582 g/mol. The van der Waals surface area contributed by atoms with Crippen LogP contribution in [0.1, 0.15) is 21.5 Å². The van der Waals surface area contributed by atoms with Crippen LogP contribution in [0, 0.1) is 7.14 Å². The normalized spacial score (nSPS) is 14.4. The third-order valence-electron chi connectivity index (χ3n) is 4.12. The number of carbonyl (C=O) groups excluding carboxylic acids is 1. The lowest BCUT2D eigenvalue weighted by atomic mass is 10.1. The topological polar surface area (TPSA) is 26.3 Å². The van der Waals surface area contributed by atoms with Gasteiger partial charge in [-0.25, -0.2) is 0 Å². The minimum Gasteiger partial charge on any atom is -0.487 e. The molecule has 0 saturated carbocycles. The number of ether oxygens (including phenoxy) is 1. The molecule has 4 rings (SSSR count). The van der Waals surface area contributed by atoms with Gasteiger partial charge in [0, 0.05) is 10.5 Å². The molecule has 5 heteroatoms. The van der Waals surface area contributed by atoms with Crippen molar-refractivity contribution < 1.29 is 9.53 Å². The first-order valence-corrected chi connectivity index (χ1v) is 11.3. The number of fused-ring (bicyclic) bond motifs is 1. The number of rotatable bonds is 4. The second-order valence-electron chi connectivity index (χ2n) is 6.02. The fourth-order valence-electron chi connectivity index (χ4n) is 2.82. The molecule has 0 aliphatic carbocycles. The standard InChI is InChI=1S/C22H14I2O2S/c23-17-10-15(12-20-21(25)16-8-4-5-9-19(16)27-20)11-18(24)22(17)26-13-14-6-2-1-3-7-14/h1-12H,13H2. The van der Waals surface area contributed by atoms with E-state index in [1.54, 1.807) is 0 Å². The molecule has 3 aromatic rings. The molecule has 1 aliphatic rings. The highest BCUT2D eigenvalue weighted by Crippen LogP contribution is 2.41. The van der Waals surface area contributed by atoms with Crippen molar-refractivity contribution in [3.63, 3.8) is 0 Å². The zero-order valence-electron chi connectivity index (χ0n) is 14.1. The molecule has 0 unspecified atom stereocenters. The summed E-state index contributed by atoms with van der Waals surface area (Å²) in [5.41, 5.74) is 2.95. The van der Waals surface area contributed by atoms with Crippen LogP contribution >= 0.6 is 56.9 Å². The Morgan fingerprint density at radius 3 is 2.30 bits per heavy atom. The lowest BCUT2D eigenvalue weighted by Crippen LogP contribution is -1.99. The van der Waals surface area contributed by atoms with Crippen molar-refractivity contribution in [2.24, 2.45) is 0 Å². The maximum Gasteiger partial charge on any atom is 0.200 e. The average molecular weight is 596 g/mol. The summed E-state index contributed by atoms with van der Waals surface area (Å²) in [5.74, 6) is 0.987. The van der Waals surface area contributed by atoms with Crippen molar-refractivity contribution in [2.45, 2.75) is 11.5 Å². The smallest absolute Gasteiger partial charge is 0.200 e. The Kier molecular flexibility index (Phi) is 5.89. The van der Waals surface area contributed by atoms with Crippen molar-refractivity contribution in [1.29, 1.82) is 0 Å². The first-order valence-electron chi connectivity index (χ1n) is 8.31. The third kappa shape index (κ3) is 4.25. The van der Waals surface area contributed by atoms with Crippen molar-refractivity contribution in [3.05, 3.63) is 95.5 Å². The average Bonchev–Trinajstić information content (AvgIpc) is 2.98. The lowest BCUT2D eigenvalue weighted by molar-refractivity contribution is 0.104. The Bertz CT molecular complexity index is 1020. The van der Waals surface area contributed by atoms with Crippen LogP contribution in [0.4, 0.5) is 0 Å². The Labute approximate surface area is 189 Å². The molecule has 0 atom stereocenters. The van der Waals surface area contributed by atoms with Gasteiger partial charge in [0.25, 0.3) is 0 Å². The molecule has 0 radical (unpaired) electrons. The van der Waals surface area contributed by atoms with Gasteiger partial charge in [-0.05, 0) is 86.7 Å². The molecule has 0 aromatic heterocycles. The fourth-order valence-corrected chi connectivity index (χ4v) is 6.00. The van der Waals surface area contributed by atoms with Gasteiger partial charge in [-0.15, -0.1) is 0 Å². The van der Waals surface area contributed by atoms with Crippen LogP contribution in [0.2, 0.25) is 0 Å². The van der Waals surface area contributed by atoms with Gasteiger partial charge < -0.3 is 4.74 Å². The highest BCUT2D eigenvalue weighted by molar-refractivity contribution is 14.1. The second-order valence-corrected chi connectivity index (χ2v) is 9.43. The van der Waals surface area contributed by atoms with Gasteiger partial charge in [0.15, 0.2) is 0 Å². The van der Waals surface area contributed by atoms with Gasteiger partial charge in [0.2, 0.25) is 5.78 Å². The summed E-state index contributed by atoms with van der Waals surface area (Å²) < 4.78 is 8.12. The number of ketones is 1. The number of Topliss-reactive ketones (excluding diaryl/α,β-unsaturated/α-hetero) is 1. The van der Waals surface area contributed by atoms with Crippen molar-refractivity contribution >= 4 is 68.8 Å². The molecule has 0 bridgehead atoms. The highest BCUT2D eigenvalue weighted by atomic mass is 127. The first kappa shape index (κ1) is 19.0. The van der Waals surface area contributed by atoms with Crippen LogP contribution in [0.3, 0.4) is 0 Å². The molecule has 0 N–H and O–H groups in total. The van der Waals surface area contributed by atoms with E-state index in [2.05, 4.69) is 69.4 Å². The summed E-state index contributed by atoms with van der Waals surface area (Å²) in [5, 5.41) is 0. The summed E-state index contributed by atoms with van der Waals surface area (Å²) >= 11 is 6.13. The van der Waals surface area contributed by atoms with Crippen molar-refractivity contribution in [2.75, 3.05) is 0 Å². The molecule has 134 valence electrons. The zero-order valence-corrected chi connectivity index (χ0v) is 19.2. The largest absolute Gasteiger partial charge is 0.487 e. The third-order valence-corrected chi connectivity index (χ3v) is 6.82.